The van der Waals surface area contributed by atoms with Gasteiger partial charge >= 0.3 is 52.9 Å². The maximum Gasteiger partial charge on any atom is 0.336 e. The minimum Gasteiger partial charge on any atom is -0.466 e. The van der Waals surface area contributed by atoms with E-state index < -0.39 is 54.6 Å². The predicted octanol–water partition coefficient (Wildman–Crippen LogP) is 8.05. The second kappa shape index (κ2) is 45.9. The van der Waals surface area contributed by atoms with Crippen molar-refractivity contribution in [2.45, 2.75) is 195 Å². The molecule has 0 aromatic carbocycles. The Labute approximate surface area is 440 Å². The van der Waals surface area contributed by atoms with Crippen LogP contribution in [-0.4, -0.2) is 124 Å². The van der Waals surface area contributed by atoms with Gasteiger partial charge in [-0.3, -0.25) is 28.8 Å². The van der Waals surface area contributed by atoms with E-state index in [0.717, 1.165) is 71.5 Å². The van der Waals surface area contributed by atoms with Crippen LogP contribution in [0.25, 0.3) is 0 Å². The van der Waals surface area contributed by atoms with Gasteiger partial charge in [0.25, 0.3) is 0 Å². The van der Waals surface area contributed by atoms with Gasteiger partial charge in [-0.25, -0.2) is 28.1 Å². The number of nitrogens with zero attached hydrogens (tertiary/aromatic N) is 3. The third-order valence-electron chi connectivity index (χ3n) is 11.1. The first-order valence-corrected chi connectivity index (χ1v) is 30.0. The van der Waals surface area contributed by atoms with Crippen molar-refractivity contribution in [1.29, 1.82) is 0 Å². The smallest absolute Gasteiger partial charge is 0.336 e. The van der Waals surface area contributed by atoms with Crippen LogP contribution in [0.2, 0.25) is 0 Å². The molecule has 0 saturated heterocycles. The molecule has 0 spiro atoms. The van der Waals surface area contributed by atoms with E-state index in [1.807, 2.05) is 0 Å². The molecule has 0 fully saturated rings. The first-order chi connectivity index (χ1) is 34.9. The van der Waals surface area contributed by atoms with E-state index in [1.165, 1.54) is 93.1 Å². The molecule has 72 heavy (non-hydrogen) atoms. The molecule has 0 N–H and O–H groups in total. The summed E-state index contributed by atoms with van der Waals surface area (Å²) < 4.78 is 33.9. The Kier molecular flexibility index (Phi) is 42.2. The molecule has 0 bridgehead atoms. The summed E-state index contributed by atoms with van der Waals surface area (Å²) in [5, 5.41) is 0. The molecule has 21 heteroatoms. The normalized spacial score (nSPS) is 11.0. The molecule has 414 valence electrons. The highest BCUT2D eigenvalue weighted by atomic mass is 32.2. The predicted molar refractivity (Wildman–Crippen MR) is 285 cm³/mol. The van der Waals surface area contributed by atoms with Crippen LogP contribution in [-0.2, 0) is 76.8 Å². The molecule has 0 unspecified atom stereocenters. The minimum atomic E-state index is -1.01. The average molecular weight is 1080 g/mol. The maximum atomic E-state index is 13.5. The van der Waals surface area contributed by atoms with Gasteiger partial charge in [0.05, 0.1) is 78.0 Å². The number of unbranched alkanes of at least 4 members (excludes halogenated alkanes) is 15. The van der Waals surface area contributed by atoms with Gasteiger partial charge in [-0.1, -0.05) is 117 Å². The molecule has 1 rings (SSSR count). The van der Waals surface area contributed by atoms with E-state index in [0.29, 0.717) is 54.3 Å². The zero-order chi connectivity index (χ0) is 52.9. The molecule has 0 atom stereocenters. The third-order valence-corrected chi connectivity index (χ3v) is 14.1. The molecule has 1 aromatic rings. The first-order valence-electron chi connectivity index (χ1n) is 26.6. The van der Waals surface area contributed by atoms with E-state index in [1.54, 1.807) is 0 Å². The molecule has 0 amide bonds. The lowest BCUT2D eigenvalue weighted by Crippen LogP contribution is -2.55. The fourth-order valence-corrected chi connectivity index (χ4v) is 9.36. The molecule has 0 radical (unpaired) electrons. The Morgan fingerprint density at radius 3 is 0.722 bits per heavy atom. The van der Waals surface area contributed by atoms with Crippen molar-refractivity contribution < 1.29 is 57.2 Å². The molecule has 0 aliphatic carbocycles. The zero-order valence-corrected chi connectivity index (χ0v) is 46.2. The summed E-state index contributed by atoms with van der Waals surface area (Å²) in [5.74, 6) is -0.0877. The van der Waals surface area contributed by atoms with E-state index in [9.17, 15) is 43.2 Å². The second-order valence-electron chi connectivity index (χ2n) is 17.3. The Bertz CT molecular complexity index is 1600. The molecule has 1 aromatic heterocycles. The van der Waals surface area contributed by atoms with Crippen LogP contribution in [0.1, 0.15) is 175 Å². The quantitative estimate of drug-likeness (QED) is 0.0342. The van der Waals surface area contributed by atoms with Crippen LogP contribution in [0.4, 0.5) is 0 Å². The summed E-state index contributed by atoms with van der Waals surface area (Å²) in [5.41, 5.74) is -3.02. The van der Waals surface area contributed by atoms with Crippen molar-refractivity contribution in [3.8, 4) is 0 Å². The number of rotatable bonds is 48. The average Bonchev–Trinajstić information content (AvgIpc) is 3.35. The molecule has 0 aliphatic heterocycles. The van der Waals surface area contributed by atoms with Gasteiger partial charge < -0.3 is 28.4 Å². The third kappa shape index (κ3) is 35.4. The van der Waals surface area contributed by atoms with Crippen molar-refractivity contribution >= 4 is 71.1 Å². The molecule has 0 aliphatic rings. The Morgan fingerprint density at radius 1 is 0.306 bits per heavy atom. The number of aromatic nitrogens is 3. The zero-order valence-electron chi connectivity index (χ0n) is 43.8. The Morgan fingerprint density at radius 2 is 0.500 bits per heavy atom. The van der Waals surface area contributed by atoms with Crippen molar-refractivity contribution in [3.63, 3.8) is 0 Å². The van der Waals surface area contributed by atoms with Gasteiger partial charge in [0, 0.05) is 34.5 Å². The van der Waals surface area contributed by atoms with Crippen molar-refractivity contribution in [2.75, 3.05) is 74.2 Å². The number of hydrogen-bond donors (Lipinski definition) is 0. The van der Waals surface area contributed by atoms with Crippen molar-refractivity contribution in [3.05, 3.63) is 31.5 Å². The van der Waals surface area contributed by atoms with Gasteiger partial charge in [0.15, 0.2) is 0 Å². The minimum absolute atomic E-state index is 0.0154. The largest absolute Gasteiger partial charge is 0.466 e. The number of esters is 6. The van der Waals surface area contributed by atoms with Gasteiger partial charge in [-0.2, -0.15) is 35.3 Å². The molecule has 0 saturated carbocycles. The van der Waals surface area contributed by atoms with Crippen molar-refractivity contribution in [2.24, 2.45) is 0 Å². The van der Waals surface area contributed by atoms with Gasteiger partial charge in [-0.15, -0.1) is 0 Å². The lowest BCUT2D eigenvalue weighted by molar-refractivity contribution is -0.144. The van der Waals surface area contributed by atoms with E-state index in [2.05, 4.69) is 20.8 Å². The number of carbonyl (C=O) groups is 6. The summed E-state index contributed by atoms with van der Waals surface area (Å²) >= 11 is 4.17. The topological polar surface area (TPSA) is 224 Å². The molecular formula is C51H87N3O15S3. The maximum absolute atomic E-state index is 13.5. The number of carbonyl (C=O) groups excluding carboxylic acids is 6. The van der Waals surface area contributed by atoms with Crippen LogP contribution < -0.4 is 17.1 Å². The van der Waals surface area contributed by atoms with Crippen LogP contribution >= 0.6 is 35.3 Å². The lowest BCUT2D eigenvalue weighted by atomic mass is 10.1. The van der Waals surface area contributed by atoms with Gasteiger partial charge in [-0.05, 0) is 19.3 Å². The lowest BCUT2D eigenvalue weighted by Gasteiger charge is -2.14. The molecular weight excluding hydrogens is 991 g/mol. The fraction of sp³-hybridized carbons (Fsp3) is 0.824. The van der Waals surface area contributed by atoms with E-state index in [-0.39, 0.29) is 76.3 Å². The standard InChI is InChI=1S/C51H87N3O15S3/c1-4-7-10-13-16-19-31-64-43(55)22-37-70-40-25-46(58)67-34-28-52-49(61)53(29-35-68-47(59)26-41-71-38-23-44(56)65-32-20-17-14-11-8-5-2)51(63)54(50(52)62)30-36-69-48(60)27-42-72-39-24-45(57)66-33-21-18-15-12-9-6-3/h4-42H2,1-3H3. The highest BCUT2D eigenvalue weighted by Gasteiger charge is 2.18. The fourth-order valence-electron chi connectivity index (χ4n) is 6.89. The summed E-state index contributed by atoms with van der Waals surface area (Å²) in [4.78, 5) is 114. The van der Waals surface area contributed by atoms with Gasteiger partial charge in [0.2, 0.25) is 0 Å². The monoisotopic (exact) mass is 1080 g/mol. The highest BCUT2D eigenvalue weighted by molar-refractivity contribution is 7.99. The Balaban J connectivity index is 2.70. The summed E-state index contributed by atoms with van der Waals surface area (Å²) in [7, 11) is 0. The van der Waals surface area contributed by atoms with Crippen LogP contribution in [0.5, 0.6) is 0 Å². The van der Waals surface area contributed by atoms with E-state index >= 15 is 0 Å². The second-order valence-corrected chi connectivity index (χ2v) is 20.9. The van der Waals surface area contributed by atoms with Crippen LogP contribution in [0.3, 0.4) is 0 Å². The number of hydrogen-bond acceptors (Lipinski definition) is 18. The van der Waals surface area contributed by atoms with Crippen LogP contribution in [0.15, 0.2) is 14.4 Å². The summed E-state index contributed by atoms with van der Waals surface area (Å²) in [6, 6.07) is 0. The van der Waals surface area contributed by atoms with Crippen LogP contribution in [0, 0.1) is 0 Å². The van der Waals surface area contributed by atoms with Gasteiger partial charge in [0.1, 0.15) is 19.8 Å². The number of ether oxygens (including phenoxy) is 6. The van der Waals surface area contributed by atoms with Crippen molar-refractivity contribution in [1.82, 2.24) is 13.7 Å². The van der Waals surface area contributed by atoms with E-state index in [4.69, 9.17) is 28.4 Å². The summed E-state index contributed by atoms with van der Waals surface area (Å²) in [6.07, 6.45) is 20.4. The number of thioether (sulfide) groups is 3. The molecule has 18 nitrogen and oxygen atoms in total. The summed E-state index contributed by atoms with van der Waals surface area (Å²) in [6.45, 7) is 5.40. The first kappa shape index (κ1) is 66.3. The SMILES string of the molecule is CCCCCCCCOC(=O)CCSCCC(=O)OCCn1c(=O)n(CCOC(=O)CCSCCC(=O)OCCCCCCCC)c(=O)n(CCOC(=O)CCSCCC(=O)OCCCCCCCC)c1=O. The highest BCUT2D eigenvalue weighted by Crippen LogP contribution is 2.11. The molecule has 1 heterocycles. The Hall–Kier alpha value is -3.72.